The maximum atomic E-state index is 14.2. The van der Waals surface area contributed by atoms with Gasteiger partial charge in [0.1, 0.15) is 23.4 Å². The summed E-state index contributed by atoms with van der Waals surface area (Å²) in [6.45, 7) is 3.55. The molecule has 1 atom stereocenters. The van der Waals surface area contributed by atoms with E-state index in [1.807, 2.05) is 0 Å². The predicted molar refractivity (Wildman–Crippen MR) is 107 cm³/mol. The highest BCUT2D eigenvalue weighted by Crippen LogP contribution is 2.42. The molecule has 0 spiro atoms. The van der Waals surface area contributed by atoms with Crippen LogP contribution in [0.2, 0.25) is 0 Å². The van der Waals surface area contributed by atoms with Crippen LogP contribution in [-0.4, -0.2) is 34.3 Å². The molecule has 3 aromatic rings. The summed E-state index contributed by atoms with van der Waals surface area (Å²) in [6, 6.07) is 6.39. The van der Waals surface area contributed by atoms with Crippen molar-refractivity contribution in [3.05, 3.63) is 64.3 Å². The number of carbonyl (C=O) groups excluding carboxylic acids is 2. The van der Waals surface area contributed by atoms with Crippen LogP contribution in [0.4, 0.5) is 4.39 Å². The Kier molecular flexibility index (Phi) is 5.10. The number of benzene rings is 1. The number of hydrogen-bond acceptors (Lipinski definition) is 6. The molecule has 1 aromatic carbocycles. The largest absolute Gasteiger partial charge is 0.487 e. The lowest BCUT2D eigenvalue weighted by molar-refractivity contribution is 0.0927. The highest BCUT2D eigenvalue weighted by atomic mass is 32.1. The average molecular weight is 411 g/mol. The first-order valence-corrected chi connectivity index (χ1v) is 9.89. The van der Waals surface area contributed by atoms with Crippen LogP contribution in [-0.2, 0) is 6.42 Å². The molecule has 0 saturated carbocycles. The Balaban J connectivity index is 1.49. The number of fused-ring (bicyclic) bond motifs is 1. The molecule has 2 aromatic heterocycles. The predicted octanol–water partition coefficient (Wildman–Crippen LogP) is 3.59. The van der Waals surface area contributed by atoms with E-state index in [1.165, 1.54) is 42.8 Å². The van der Waals surface area contributed by atoms with Crippen LogP contribution in [0.3, 0.4) is 0 Å². The number of ketones is 1. The van der Waals surface area contributed by atoms with Gasteiger partial charge in [0.2, 0.25) is 0 Å². The quantitative estimate of drug-likeness (QED) is 0.649. The van der Waals surface area contributed by atoms with Crippen molar-refractivity contribution in [3.63, 3.8) is 0 Å². The number of rotatable bonds is 5. The van der Waals surface area contributed by atoms with E-state index >= 15 is 0 Å². The summed E-state index contributed by atoms with van der Waals surface area (Å²) in [6.07, 6.45) is 3.11. The van der Waals surface area contributed by atoms with Gasteiger partial charge in [-0.2, -0.15) is 0 Å². The third-order valence-electron chi connectivity index (χ3n) is 4.59. The Morgan fingerprint density at radius 3 is 2.79 bits per heavy atom. The molecule has 1 aliphatic heterocycles. The molecule has 0 saturated heterocycles. The van der Waals surface area contributed by atoms with Crippen molar-refractivity contribution < 1.29 is 18.7 Å². The topological polar surface area (TPSA) is 81.2 Å². The van der Waals surface area contributed by atoms with E-state index in [4.69, 9.17) is 4.74 Å². The number of Topliss-reactive ketones (excluding diaryl/α,β-unsaturated/α-hetero) is 1. The maximum absolute atomic E-state index is 14.2. The number of nitrogens with zero attached hydrogens (tertiary/aromatic N) is 2. The minimum Gasteiger partial charge on any atom is -0.487 e. The molecule has 1 aliphatic rings. The van der Waals surface area contributed by atoms with Crippen molar-refractivity contribution >= 4 is 23.0 Å². The Morgan fingerprint density at radius 1 is 1.28 bits per heavy atom. The summed E-state index contributed by atoms with van der Waals surface area (Å²) in [4.78, 5) is 33.3. The first-order valence-electron chi connectivity index (χ1n) is 9.08. The molecule has 0 aliphatic carbocycles. The van der Waals surface area contributed by atoms with Crippen molar-refractivity contribution in [1.82, 2.24) is 15.3 Å². The van der Waals surface area contributed by atoms with Gasteiger partial charge in [-0.3, -0.25) is 14.6 Å². The summed E-state index contributed by atoms with van der Waals surface area (Å²) < 4.78 is 20.2. The molecular formula is C21H18FN3O3S. The van der Waals surface area contributed by atoms with Crippen LogP contribution in [0.5, 0.6) is 5.75 Å². The summed E-state index contributed by atoms with van der Waals surface area (Å²) in [7, 11) is 0. The van der Waals surface area contributed by atoms with Gasteiger partial charge in [-0.15, -0.1) is 11.3 Å². The van der Waals surface area contributed by atoms with Gasteiger partial charge in [0.25, 0.3) is 5.91 Å². The Hall–Kier alpha value is -3.13. The van der Waals surface area contributed by atoms with Gasteiger partial charge in [0.05, 0.1) is 23.3 Å². The van der Waals surface area contributed by atoms with E-state index in [-0.39, 0.29) is 35.9 Å². The summed E-state index contributed by atoms with van der Waals surface area (Å²) in [5.74, 6) is -0.139. The molecule has 1 amide bonds. The van der Waals surface area contributed by atoms with Crippen LogP contribution < -0.4 is 10.1 Å². The van der Waals surface area contributed by atoms with Gasteiger partial charge in [-0.25, -0.2) is 9.37 Å². The molecule has 29 heavy (non-hydrogen) atoms. The summed E-state index contributed by atoms with van der Waals surface area (Å²) in [5, 5.41) is 2.79. The normalized spacial score (nSPS) is 14.9. The number of halogens is 1. The molecule has 1 N–H and O–H groups in total. The molecule has 0 fully saturated rings. The van der Waals surface area contributed by atoms with Crippen LogP contribution in [0.1, 0.15) is 38.3 Å². The van der Waals surface area contributed by atoms with E-state index in [1.54, 1.807) is 19.1 Å². The third-order valence-corrected chi connectivity index (χ3v) is 5.80. The lowest BCUT2D eigenvalue weighted by Gasteiger charge is -2.13. The molecule has 3 heterocycles. The van der Waals surface area contributed by atoms with Gasteiger partial charge in [0.15, 0.2) is 5.78 Å². The fraction of sp³-hybridized carbons (Fsp3) is 0.238. The number of carbonyl (C=O) groups is 2. The van der Waals surface area contributed by atoms with E-state index < -0.39 is 0 Å². The minimum absolute atomic E-state index is 0.0324. The van der Waals surface area contributed by atoms with Gasteiger partial charge in [-0.05, 0) is 38.1 Å². The number of ether oxygens (including phenoxy) is 1. The molecule has 8 heteroatoms. The zero-order valence-corrected chi connectivity index (χ0v) is 16.7. The maximum Gasteiger partial charge on any atom is 0.271 e. The first kappa shape index (κ1) is 19.2. The third kappa shape index (κ3) is 4.02. The van der Waals surface area contributed by atoms with Gasteiger partial charge < -0.3 is 10.1 Å². The van der Waals surface area contributed by atoms with Crippen LogP contribution >= 0.6 is 11.3 Å². The molecule has 0 bridgehead atoms. The van der Waals surface area contributed by atoms with E-state index in [0.717, 1.165) is 16.1 Å². The monoisotopic (exact) mass is 411 g/mol. The lowest BCUT2D eigenvalue weighted by atomic mass is 10.0. The molecule has 6 nitrogen and oxygen atoms in total. The van der Waals surface area contributed by atoms with Crippen molar-refractivity contribution in [2.45, 2.75) is 26.4 Å². The number of amides is 1. The van der Waals surface area contributed by atoms with Crippen molar-refractivity contribution in [2.24, 2.45) is 0 Å². The van der Waals surface area contributed by atoms with E-state index in [0.29, 0.717) is 22.6 Å². The van der Waals surface area contributed by atoms with Crippen molar-refractivity contribution in [2.75, 3.05) is 6.54 Å². The molecule has 148 valence electrons. The number of aromatic nitrogens is 2. The Morgan fingerprint density at radius 2 is 2.10 bits per heavy atom. The van der Waals surface area contributed by atoms with Crippen LogP contribution in [0.15, 0.2) is 36.7 Å². The van der Waals surface area contributed by atoms with Gasteiger partial charge in [-0.1, -0.05) is 0 Å². The summed E-state index contributed by atoms with van der Waals surface area (Å²) >= 11 is 1.31. The molecular weight excluding hydrogens is 393 g/mol. The Labute approximate surface area is 170 Å². The number of nitrogens with one attached hydrogen (secondary N) is 1. The Bertz CT molecular complexity index is 1100. The van der Waals surface area contributed by atoms with E-state index in [2.05, 4.69) is 15.3 Å². The number of hydrogen-bond donors (Lipinski definition) is 1. The second kappa shape index (κ2) is 7.71. The molecule has 0 radical (unpaired) electrons. The summed E-state index contributed by atoms with van der Waals surface area (Å²) in [5.41, 5.74) is 2.32. The standard InChI is InChI=1S/C21H18FN3O3S/c1-11-8-24-17(10-23-11)21(27)25-9-15-6-13-5-14(22)7-16(20(13)28-15)19-4-3-18(29-19)12(2)26/h3-5,7-8,10,15H,6,9H2,1-2H3,(H,25,27)/t15-/m0/s1. The van der Waals surface area contributed by atoms with Gasteiger partial charge in [0, 0.05) is 28.6 Å². The van der Waals surface area contributed by atoms with Crippen molar-refractivity contribution in [3.8, 4) is 16.2 Å². The van der Waals surface area contributed by atoms with Crippen LogP contribution in [0.25, 0.3) is 10.4 Å². The zero-order chi connectivity index (χ0) is 20.5. The minimum atomic E-state index is -0.361. The lowest BCUT2D eigenvalue weighted by Crippen LogP contribution is -2.34. The number of aryl methyl sites for hydroxylation is 1. The fourth-order valence-corrected chi connectivity index (χ4v) is 4.08. The second-order valence-corrected chi connectivity index (χ2v) is 7.94. The first-order chi connectivity index (χ1) is 13.9. The average Bonchev–Trinajstić information content (AvgIpc) is 3.33. The van der Waals surface area contributed by atoms with Crippen LogP contribution in [0, 0.1) is 12.7 Å². The smallest absolute Gasteiger partial charge is 0.271 e. The highest BCUT2D eigenvalue weighted by Gasteiger charge is 2.28. The molecule has 0 unspecified atom stereocenters. The highest BCUT2D eigenvalue weighted by molar-refractivity contribution is 7.17. The second-order valence-electron chi connectivity index (χ2n) is 6.86. The fourth-order valence-electron chi connectivity index (χ4n) is 3.17. The van der Waals surface area contributed by atoms with E-state index in [9.17, 15) is 14.0 Å². The van der Waals surface area contributed by atoms with Crippen molar-refractivity contribution in [1.29, 1.82) is 0 Å². The molecule has 4 rings (SSSR count). The van der Waals surface area contributed by atoms with Gasteiger partial charge >= 0.3 is 0 Å². The number of thiophene rings is 1. The zero-order valence-electron chi connectivity index (χ0n) is 15.9. The SMILES string of the molecule is CC(=O)c1ccc(-c2cc(F)cc3c2O[C@H](CNC(=O)c2cnc(C)cn2)C3)s1.